The molecule has 1 aromatic rings. The molecule has 1 rings (SSSR count). The molecule has 1 heteroatoms. The molecule has 0 spiro atoms. The Morgan fingerprint density at radius 1 is 1.31 bits per heavy atom. The van der Waals surface area contributed by atoms with Crippen molar-refractivity contribution in [2.75, 3.05) is 0 Å². The minimum absolute atomic E-state index is 0.0826. The van der Waals surface area contributed by atoms with Crippen LogP contribution in [-0.2, 0) is 0 Å². The average molecular weight is 214 g/mol. The van der Waals surface area contributed by atoms with Gasteiger partial charge < -0.3 is 0 Å². The lowest BCUT2D eigenvalue weighted by molar-refractivity contribution is 0.0943. The van der Waals surface area contributed by atoms with E-state index in [-0.39, 0.29) is 11.7 Å². The molecule has 0 aromatic heterocycles. The molecule has 0 bridgehead atoms. The summed E-state index contributed by atoms with van der Waals surface area (Å²) in [6.07, 6.45) is 9.55. The van der Waals surface area contributed by atoms with Crippen LogP contribution in [0.15, 0.2) is 30.3 Å². The standard InChI is InChI=1S/C15H18O/c1-3-5-7-10-13(4-2)15(16)14-11-8-6-9-12-14/h2,6,8-9,11-13H,3,5,7,10H2,1H3. The maximum absolute atomic E-state index is 12.0. The smallest absolute Gasteiger partial charge is 0.177 e. The second kappa shape index (κ2) is 6.85. The second-order valence-corrected chi connectivity index (χ2v) is 3.95. The summed E-state index contributed by atoms with van der Waals surface area (Å²) < 4.78 is 0. The van der Waals surface area contributed by atoms with Crippen molar-refractivity contribution in [2.45, 2.75) is 32.6 Å². The minimum atomic E-state index is -0.256. The van der Waals surface area contributed by atoms with Crippen molar-refractivity contribution < 1.29 is 4.79 Å². The second-order valence-electron chi connectivity index (χ2n) is 3.95. The topological polar surface area (TPSA) is 17.1 Å². The van der Waals surface area contributed by atoms with Gasteiger partial charge in [-0.3, -0.25) is 4.79 Å². The number of ketones is 1. The van der Waals surface area contributed by atoms with Gasteiger partial charge in [-0.2, -0.15) is 0 Å². The molecule has 16 heavy (non-hydrogen) atoms. The van der Waals surface area contributed by atoms with E-state index in [1.807, 2.05) is 30.3 Å². The van der Waals surface area contributed by atoms with Crippen LogP contribution < -0.4 is 0 Å². The molecule has 1 nitrogen and oxygen atoms in total. The van der Waals surface area contributed by atoms with E-state index in [1.165, 1.54) is 0 Å². The molecule has 0 saturated heterocycles. The summed E-state index contributed by atoms with van der Waals surface area (Å²) >= 11 is 0. The number of benzene rings is 1. The molecule has 0 aliphatic carbocycles. The molecule has 84 valence electrons. The lowest BCUT2D eigenvalue weighted by atomic mass is 9.93. The number of Topliss-reactive ketones (excluding diaryl/α,β-unsaturated/α-hetero) is 1. The van der Waals surface area contributed by atoms with Crippen molar-refractivity contribution in [2.24, 2.45) is 5.92 Å². The third-order valence-corrected chi connectivity index (χ3v) is 2.67. The number of hydrogen-bond donors (Lipinski definition) is 0. The molecule has 1 aromatic carbocycles. The fourth-order valence-electron chi connectivity index (χ4n) is 1.69. The Labute approximate surface area is 97.9 Å². The van der Waals surface area contributed by atoms with Gasteiger partial charge in [-0.25, -0.2) is 0 Å². The van der Waals surface area contributed by atoms with Gasteiger partial charge >= 0.3 is 0 Å². The molecule has 0 amide bonds. The summed E-state index contributed by atoms with van der Waals surface area (Å²) in [4.78, 5) is 12.0. The van der Waals surface area contributed by atoms with Crippen molar-refractivity contribution >= 4 is 5.78 Å². The predicted octanol–water partition coefficient (Wildman–Crippen LogP) is 3.70. The Kier molecular flexibility index (Phi) is 5.36. The quantitative estimate of drug-likeness (QED) is 0.401. The number of carbonyl (C=O) groups excluding carboxylic acids is 1. The van der Waals surface area contributed by atoms with E-state index in [9.17, 15) is 4.79 Å². The van der Waals surface area contributed by atoms with Gasteiger partial charge in [0.15, 0.2) is 5.78 Å². The van der Waals surface area contributed by atoms with Crippen LogP contribution in [0.3, 0.4) is 0 Å². The monoisotopic (exact) mass is 214 g/mol. The summed E-state index contributed by atoms with van der Waals surface area (Å²) in [7, 11) is 0. The van der Waals surface area contributed by atoms with Gasteiger partial charge in [-0.1, -0.05) is 62.4 Å². The fraction of sp³-hybridized carbons (Fsp3) is 0.400. The van der Waals surface area contributed by atoms with E-state index in [1.54, 1.807) is 0 Å². The Morgan fingerprint density at radius 2 is 2.00 bits per heavy atom. The zero-order chi connectivity index (χ0) is 11.8. The zero-order valence-corrected chi connectivity index (χ0v) is 9.78. The molecular formula is C15H18O. The highest BCUT2D eigenvalue weighted by molar-refractivity contribution is 5.99. The van der Waals surface area contributed by atoms with Crippen LogP contribution in [0.1, 0.15) is 43.0 Å². The molecule has 1 unspecified atom stereocenters. The number of rotatable bonds is 6. The third-order valence-electron chi connectivity index (χ3n) is 2.67. The Balaban J connectivity index is 2.61. The summed E-state index contributed by atoms with van der Waals surface area (Å²) in [5.74, 6) is 2.44. The van der Waals surface area contributed by atoms with E-state index >= 15 is 0 Å². The maximum atomic E-state index is 12.0. The Morgan fingerprint density at radius 3 is 2.56 bits per heavy atom. The molecule has 0 fully saturated rings. The van der Waals surface area contributed by atoms with Crippen LogP contribution in [0.2, 0.25) is 0 Å². The number of hydrogen-bond acceptors (Lipinski definition) is 1. The van der Waals surface area contributed by atoms with Crippen LogP contribution >= 0.6 is 0 Å². The normalized spacial score (nSPS) is 11.8. The van der Waals surface area contributed by atoms with Gasteiger partial charge in [0.05, 0.1) is 5.92 Å². The maximum Gasteiger partial charge on any atom is 0.177 e. The third kappa shape index (κ3) is 3.55. The van der Waals surface area contributed by atoms with Crippen molar-refractivity contribution in [1.82, 2.24) is 0 Å². The van der Waals surface area contributed by atoms with E-state index in [2.05, 4.69) is 12.8 Å². The highest BCUT2D eigenvalue weighted by atomic mass is 16.1. The predicted molar refractivity (Wildman–Crippen MR) is 67.2 cm³/mol. The fourth-order valence-corrected chi connectivity index (χ4v) is 1.69. The van der Waals surface area contributed by atoms with Crippen LogP contribution in [0.4, 0.5) is 0 Å². The average Bonchev–Trinajstić information content (AvgIpc) is 2.35. The summed E-state index contributed by atoms with van der Waals surface area (Å²) in [6, 6.07) is 9.29. The van der Waals surface area contributed by atoms with Crippen molar-refractivity contribution in [3.05, 3.63) is 35.9 Å². The SMILES string of the molecule is C#CC(CCCCC)C(=O)c1ccccc1. The molecule has 0 heterocycles. The zero-order valence-electron chi connectivity index (χ0n) is 9.78. The first-order chi connectivity index (χ1) is 7.79. The largest absolute Gasteiger partial charge is 0.293 e. The molecule has 1 atom stereocenters. The first kappa shape index (κ1) is 12.5. The number of carbonyl (C=O) groups is 1. The van der Waals surface area contributed by atoms with E-state index < -0.39 is 0 Å². The molecular weight excluding hydrogens is 196 g/mol. The highest BCUT2D eigenvalue weighted by Crippen LogP contribution is 2.15. The number of terminal acetylenes is 1. The van der Waals surface area contributed by atoms with Crippen LogP contribution in [-0.4, -0.2) is 5.78 Å². The highest BCUT2D eigenvalue weighted by Gasteiger charge is 2.16. The number of unbranched alkanes of at least 4 members (excludes halogenated alkanes) is 2. The molecule has 0 saturated carbocycles. The Bertz CT molecular complexity index is 359. The molecule has 0 N–H and O–H groups in total. The lowest BCUT2D eigenvalue weighted by Gasteiger charge is -2.09. The van der Waals surface area contributed by atoms with Gasteiger partial charge in [-0.05, 0) is 6.42 Å². The van der Waals surface area contributed by atoms with Gasteiger partial charge in [0.2, 0.25) is 0 Å². The molecule has 0 aliphatic rings. The first-order valence-corrected chi connectivity index (χ1v) is 5.85. The van der Waals surface area contributed by atoms with E-state index in [4.69, 9.17) is 6.42 Å². The van der Waals surface area contributed by atoms with E-state index in [0.29, 0.717) is 0 Å². The van der Waals surface area contributed by atoms with Gasteiger partial charge in [0.1, 0.15) is 0 Å². The van der Waals surface area contributed by atoms with Gasteiger partial charge in [-0.15, -0.1) is 6.42 Å². The summed E-state index contributed by atoms with van der Waals surface area (Å²) in [6.45, 7) is 2.14. The van der Waals surface area contributed by atoms with Crippen LogP contribution in [0.5, 0.6) is 0 Å². The lowest BCUT2D eigenvalue weighted by Crippen LogP contribution is -2.12. The molecule has 0 radical (unpaired) electrons. The van der Waals surface area contributed by atoms with Crippen LogP contribution in [0.25, 0.3) is 0 Å². The van der Waals surface area contributed by atoms with Gasteiger partial charge in [0.25, 0.3) is 0 Å². The van der Waals surface area contributed by atoms with Gasteiger partial charge in [0, 0.05) is 5.56 Å². The molecule has 0 aliphatic heterocycles. The summed E-state index contributed by atoms with van der Waals surface area (Å²) in [5.41, 5.74) is 0.724. The van der Waals surface area contributed by atoms with Crippen molar-refractivity contribution in [3.8, 4) is 12.3 Å². The van der Waals surface area contributed by atoms with Crippen molar-refractivity contribution in [3.63, 3.8) is 0 Å². The van der Waals surface area contributed by atoms with E-state index in [0.717, 1.165) is 31.2 Å². The Hall–Kier alpha value is -1.55. The first-order valence-electron chi connectivity index (χ1n) is 5.85. The van der Waals surface area contributed by atoms with Crippen molar-refractivity contribution in [1.29, 1.82) is 0 Å². The van der Waals surface area contributed by atoms with Crippen LogP contribution in [0, 0.1) is 18.3 Å². The summed E-state index contributed by atoms with van der Waals surface area (Å²) in [5, 5.41) is 0. The minimum Gasteiger partial charge on any atom is -0.293 e.